The number of carboxylic acids is 1. The van der Waals surface area contributed by atoms with Gasteiger partial charge in [0.15, 0.2) is 5.13 Å². The van der Waals surface area contributed by atoms with Crippen molar-refractivity contribution in [3.63, 3.8) is 0 Å². The minimum absolute atomic E-state index is 0.350. The highest BCUT2D eigenvalue weighted by molar-refractivity contribution is 7.17. The minimum Gasteiger partial charge on any atom is -0.477 e. The third-order valence-electron chi connectivity index (χ3n) is 2.76. The fourth-order valence-corrected chi connectivity index (χ4v) is 3.38. The fraction of sp³-hybridized carbons (Fsp3) is 0.462. The highest BCUT2D eigenvalue weighted by Crippen LogP contribution is 2.27. The molecule has 0 aliphatic rings. The van der Waals surface area contributed by atoms with Gasteiger partial charge >= 0.3 is 5.97 Å². The molecule has 0 atom stereocenters. The second-order valence-electron chi connectivity index (χ2n) is 4.54. The van der Waals surface area contributed by atoms with Crippen LogP contribution in [0.1, 0.15) is 39.4 Å². The Labute approximate surface area is 125 Å². The first kappa shape index (κ1) is 14.9. The lowest BCUT2D eigenvalue weighted by molar-refractivity contribution is 0.0700. The van der Waals surface area contributed by atoms with Gasteiger partial charge in [0, 0.05) is 12.4 Å². The largest absolute Gasteiger partial charge is 0.477 e. The smallest absolute Gasteiger partial charge is 0.347 e. The first-order valence-electron chi connectivity index (χ1n) is 6.36. The molecule has 0 saturated heterocycles. The van der Waals surface area contributed by atoms with E-state index in [1.54, 1.807) is 11.3 Å². The van der Waals surface area contributed by atoms with Gasteiger partial charge in [-0.2, -0.15) is 0 Å². The number of carbonyl (C=O) groups is 1. The standard InChI is InChI=1S/C13H17N3O2S2/c1-4-5-10-11(12(17)18)20-13(15-10)16(3)6-9-7-19-8(2)14-9/h7H,4-6H2,1-3H3,(H,17,18). The third kappa shape index (κ3) is 3.34. The first-order valence-corrected chi connectivity index (χ1v) is 8.06. The Kier molecular flexibility index (Phi) is 4.72. The second-order valence-corrected chi connectivity index (χ2v) is 6.58. The van der Waals surface area contributed by atoms with Gasteiger partial charge in [-0.1, -0.05) is 24.7 Å². The van der Waals surface area contributed by atoms with Crippen LogP contribution in [0, 0.1) is 6.92 Å². The zero-order chi connectivity index (χ0) is 14.7. The normalized spacial score (nSPS) is 10.8. The van der Waals surface area contributed by atoms with E-state index in [-0.39, 0.29) is 0 Å². The molecule has 0 aromatic carbocycles. The van der Waals surface area contributed by atoms with Gasteiger partial charge in [0.1, 0.15) is 4.88 Å². The van der Waals surface area contributed by atoms with E-state index in [2.05, 4.69) is 9.97 Å². The predicted octanol–water partition coefficient (Wildman–Crippen LogP) is 3.20. The van der Waals surface area contributed by atoms with Crippen molar-refractivity contribution in [3.05, 3.63) is 26.7 Å². The minimum atomic E-state index is -0.893. The molecule has 0 radical (unpaired) electrons. The van der Waals surface area contributed by atoms with Gasteiger partial charge in [0.05, 0.1) is 22.9 Å². The quantitative estimate of drug-likeness (QED) is 0.887. The number of rotatable bonds is 6. The summed E-state index contributed by atoms with van der Waals surface area (Å²) in [6.45, 7) is 4.63. The van der Waals surface area contributed by atoms with Crippen molar-refractivity contribution in [3.8, 4) is 0 Å². The maximum absolute atomic E-state index is 11.2. The Balaban J connectivity index is 2.19. The number of nitrogens with zero attached hydrogens (tertiary/aromatic N) is 3. The van der Waals surface area contributed by atoms with Crippen LogP contribution >= 0.6 is 22.7 Å². The van der Waals surface area contributed by atoms with Crippen molar-refractivity contribution in [1.29, 1.82) is 0 Å². The molecule has 108 valence electrons. The number of aromatic carboxylic acids is 1. The number of hydrogen-bond acceptors (Lipinski definition) is 6. The molecule has 1 N–H and O–H groups in total. The van der Waals surface area contributed by atoms with Crippen molar-refractivity contribution >= 4 is 33.8 Å². The zero-order valence-electron chi connectivity index (χ0n) is 11.7. The van der Waals surface area contributed by atoms with Gasteiger partial charge in [0.2, 0.25) is 0 Å². The molecular weight excluding hydrogens is 294 g/mol. The number of aromatic nitrogens is 2. The average Bonchev–Trinajstić information content (AvgIpc) is 2.96. The van der Waals surface area contributed by atoms with Gasteiger partial charge in [-0.05, 0) is 13.3 Å². The highest BCUT2D eigenvalue weighted by Gasteiger charge is 2.19. The van der Waals surface area contributed by atoms with E-state index in [4.69, 9.17) is 0 Å². The predicted molar refractivity (Wildman–Crippen MR) is 82.0 cm³/mol. The summed E-state index contributed by atoms with van der Waals surface area (Å²) in [4.78, 5) is 22.4. The van der Waals surface area contributed by atoms with Gasteiger partial charge in [-0.3, -0.25) is 0 Å². The highest BCUT2D eigenvalue weighted by atomic mass is 32.1. The molecule has 20 heavy (non-hydrogen) atoms. The number of hydrogen-bond donors (Lipinski definition) is 1. The zero-order valence-corrected chi connectivity index (χ0v) is 13.3. The van der Waals surface area contributed by atoms with Crippen LogP contribution in [0.4, 0.5) is 5.13 Å². The molecule has 2 rings (SSSR count). The molecule has 2 aromatic heterocycles. The van der Waals surface area contributed by atoms with Gasteiger partial charge in [-0.25, -0.2) is 14.8 Å². The molecule has 2 aromatic rings. The van der Waals surface area contributed by atoms with E-state index in [0.717, 1.165) is 22.3 Å². The molecule has 0 saturated carbocycles. The summed E-state index contributed by atoms with van der Waals surface area (Å²) in [5, 5.41) is 13.0. The van der Waals surface area contributed by atoms with Crippen molar-refractivity contribution in [2.75, 3.05) is 11.9 Å². The fourth-order valence-electron chi connectivity index (χ4n) is 1.87. The summed E-state index contributed by atoms with van der Waals surface area (Å²) < 4.78 is 0. The van der Waals surface area contributed by atoms with E-state index < -0.39 is 5.97 Å². The Morgan fingerprint density at radius 2 is 2.20 bits per heavy atom. The Hall–Kier alpha value is -1.47. The van der Waals surface area contributed by atoms with Crippen LogP contribution in [0.15, 0.2) is 5.38 Å². The maximum atomic E-state index is 11.2. The number of thiazole rings is 2. The number of carboxylic acid groups (broad SMARTS) is 1. The average molecular weight is 311 g/mol. The summed E-state index contributed by atoms with van der Waals surface area (Å²) in [6, 6.07) is 0. The topological polar surface area (TPSA) is 66.3 Å². The van der Waals surface area contributed by atoms with Crippen LogP contribution in [0.2, 0.25) is 0 Å². The number of aryl methyl sites for hydroxylation is 2. The molecule has 5 nitrogen and oxygen atoms in total. The molecule has 0 amide bonds. The summed E-state index contributed by atoms with van der Waals surface area (Å²) in [5.41, 5.74) is 1.67. The Morgan fingerprint density at radius 3 is 2.75 bits per heavy atom. The summed E-state index contributed by atoms with van der Waals surface area (Å²) in [6.07, 6.45) is 1.58. The van der Waals surface area contributed by atoms with Crippen LogP contribution in [0.5, 0.6) is 0 Å². The van der Waals surface area contributed by atoms with E-state index in [1.165, 1.54) is 11.3 Å². The van der Waals surface area contributed by atoms with E-state index in [1.807, 2.05) is 31.2 Å². The molecule has 0 bridgehead atoms. The molecule has 0 unspecified atom stereocenters. The lowest BCUT2D eigenvalue weighted by atomic mass is 10.2. The lowest BCUT2D eigenvalue weighted by Gasteiger charge is -2.13. The van der Waals surface area contributed by atoms with Crippen LogP contribution in [-0.2, 0) is 13.0 Å². The van der Waals surface area contributed by atoms with E-state index in [0.29, 0.717) is 23.5 Å². The van der Waals surface area contributed by atoms with Crippen molar-refractivity contribution in [2.24, 2.45) is 0 Å². The molecule has 0 aliphatic carbocycles. The molecular formula is C13H17N3O2S2. The molecule has 0 fully saturated rings. The number of anilines is 1. The van der Waals surface area contributed by atoms with Crippen molar-refractivity contribution in [1.82, 2.24) is 9.97 Å². The monoisotopic (exact) mass is 311 g/mol. The SMILES string of the molecule is CCCc1nc(N(C)Cc2csc(C)n2)sc1C(=O)O. The summed E-state index contributed by atoms with van der Waals surface area (Å²) >= 11 is 2.85. The van der Waals surface area contributed by atoms with E-state index >= 15 is 0 Å². The van der Waals surface area contributed by atoms with Crippen LogP contribution < -0.4 is 4.90 Å². The summed E-state index contributed by atoms with van der Waals surface area (Å²) in [5.74, 6) is -0.893. The van der Waals surface area contributed by atoms with Crippen molar-refractivity contribution in [2.45, 2.75) is 33.2 Å². The van der Waals surface area contributed by atoms with Gasteiger partial charge in [-0.15, -0.1) is 11.3 Å². The molecule has 0 spiro atoms. The lowest BCUT2D eigenvalue weighted by Crippen LogP contribution is -2.16. The molecule has 7 heteroatoms. The summed E-state index contributed by atoms with van der Waals surface area (Å²) in [7, 11) is 1.91. The van der Waals surface area contributed by atoms with Gasteiger partial charge in [0.25, 0.3) is 0 Å². The molecule has 0 aliphatic heterocycles. The Bertz CT molecular complexity index is 607. The van der Waals surface area contributed by atoms with Crippen LogP contribution in [-0.4, -0.2) is 28.1 Å². The molecule has 2 heterocycles. The Morgan fingerprint density at radius 1 is 1.45 bits per heavy atom. The van der Waals surface area contributed by atoms with Crippen LogP contribution in [0.3, 0.4) is 0 Å². The third-order valence-corrected chi connectivity index (χ3v) is 4.78. The second kappa shape index (κ2) is 6.32. The van der Waals surface area contributed by atoms with E-state index in [9.17, 15) is 9.90 Å². The maximum Gasteiger partial charge on any atom is 0.347 e. The van der Waals surface area contributed by atoms with Gasteiger partial charge < -0.3 is 10.0 Å². The van der Waals surface area contributed by atoms with Crippen molar-refractivity contribution < 1.29 is 9.90 Å². The first-order chi connectivity index (χ1) is 9.51. The van der Waals surface area contributed by atoms with Crippen LogP contribution in [0.25, 0.3) is 0 Å².